The van der Waals surface area contributed by atoms with Crippen molar-refractivity contribution in [2.24, 2.45) is 0 Å². The van der Waals surface area contributed by atoms with Crippen LogP contribution in [-0.2, 0) is 5.41 Å². The molecule has 0 fully saturated rings. The summed E-state index contributed by atoms with van der Waals surface area (Å²) in [6.45, 7) is 0. The zero-order valence-electron chi connectivity index (χ0n) is 24.9. The number of benzene rings is 6. The number of pyridine rings is 2. The molecule has 0 aliphatic heterocycles. The maximum atomic E-state index is 4.65. The highest BCUT2D eigenvalue weighted by Gasteiger charge is 2.47. The zero-order valence-corrected chi connectivity index (χ0v) is 24.9. The number of hydrogen-bond donors (Lipinski definition) is 0. The molecule has 0 saturated heterocycles. The SMILES string of the molecule is c1cncc(C2(c3cccnc3)c3ccccc3-c3cc4c5ccccc5n(-c5cc6ccccc6c6ccccc56)c4cc32)c1. The van der Waals surface area contributed by atoms with E-state index in [0.717, 1.165) is 11.1 Å². The van der Waals surface area contributed by atoms with Gasteiger partial charge in [0, 0.05) is 40.9 Å². The molecule has 6 aromatic carbocycles. The van der Waals surface area contributed by atoms with Crippen LogP contribution < -0.4 is 0 Å². The van der Waals surface area contributed by atoms with Crippen LogP contribution in [0.3, 0.4) is 0 Å². The van der Waals surface area contributed by atoms with Crippen LogP contribution in [0.1, 0.15) is 22.3 Å². The highest BCUT2D eigenvalue weighted by Crippen LogP contribution is 2.57. The second-order valence-electron chi connectivity index (χ2n) is 12.2. The molecule has 9 aromatic rings. The minimum Gasteiger partial charge on any atom is -0.309 e. The van der Waals surface area contributed by atoms with Gasteiger partial charge in [0.05, 0.1) is 22.1 Å². The van der Waals surface area contributed by atoms with Crippen LogP contribution in [0.5, 0.6) is 0 Å². The molecule has 0 unspecified atom stereocenters. The molecule has 0 spiro atoms. The van der Waals surface area contributed by atoms with Crippen molar-refractivity contribution in [3.05, 3.63) is 187 Å². The van der Waals surface area contributed by atoms with Crippen LogP contribution in [0.15, 0.2) is 164 Å². The van der Waals surface area contributed by atoms with E-state index in [-0.39, 0.29) is 0 Å². The lowest BCUT2D eigenvalue weighted by atomic mass is 9.68. The molecule has 3 aromatic heterocycles. The predicted molar refractivity (Wildman–Crippen MR) is 189 cm³/mol. The van der Waals surface area contributed by atoms with Crippen molar-refractivity contribution in [3.8, 4) is 16.8 Å². The molecule has 1 aliphatic rings. The van der Waals surface area contributed by atoms with Crippen molar-refractivity contribution >= 4 is 43.4 Å². The molecule has 10 rings (SSSR count). The lowest BCUT2D eigenvalue weighted by Crippen LogP contribution is -2.29. The van der Waals surface area contributed by atoms with Gasteiger partial charge in [0.1, 0.15) is 0 Å². The van der Waals surface area contributed by atoms with Crippen molar-refractivity contribution in [2.75, 3.05) is 0 Å². The van der Waals surface area contributed by atoms with Crippen LogP contribution in [0.4, 0.5) is 0 Å². The van der Waals surface area contributed by atoms with Crippen LogP contribution in [-0.4, -0.2) is 14.5 Å². The summed E-state index contributed by atoms with van der Waals surface area (Å²) in [6, 6.07) is 51.0. The summed E-state index contributed by atoms with van der Waals surface area (Å²) in [5, 5.41) is 7.49. The van der Waals surface area contributed by atoms with Crippen molar-refractivity contribution in [2.45, 2.75) is 5.41 Å². The second kappa shape index (κ2) is 9.47. The Bertz CT molecular complexity index is 2600. The van der Waals surface area contributed by atoms with Gasteiger partial charge >= 0.3 is 0 Å². The highest BCUT2D eigenvalue weighted by molar-refractivity contribution is 6.16. The molecule has 0 N–H and O–H groups in total. The Morgan fingerprint density at radius 3 is 1.85 bits per heavy atom. The van der Waals surface area contributed by atoms with Crippen LogP contribution in [0, 0.1) is 0 Å². The van der Waals surface area contributed by atoms with Crippen molar-refractivity contribution in [1.29, 1.82) is 0 Å². The third-order valence-electron chi connectivity index (χ3n) is 10.0. The van der Waals surface area contributed by atoms with Gasteiger partial charge in [-0.1, -0.05) is 103 Å². The van der Waals surface area contributed by atoms with Crippen LogP contribution in [0.25, 0.3) is 60.2 Å². The molecule has 0 saturated carbocycles. The van der Waals surface area contributed by atoms with Crippen molar-refractivity contribution in [3.63, 3.8) is 0 Å². The summed E-state index contributed by atoms with van der Waals surface area (Å²) in [7, 11) is 0. The molecular formula is C43H27N3. The smallest absolute Gasteiger partial charge is 0.0744 e. The van der Waals surface area contributed by atoms with E-state index in [4.69, 9.17) is 0 Å². The van der Waals surface area contributed by atoms with E-state index >= 15 is 0 Å². The maximum absolute atomic E-state index is 4.65. The summed E-state index contributed by atoms with van der Waals surface area (Å²) in [5.41, 5.74) is 10.3. The van der Waals surface area contributed by atoms with Crippen LogP contribution in [0.2, 0.25) is 0 Å². The number of fused-ring (bicyclic) bond motifs is 9. The molecule has 46 heavy (non-hydrogen) atoms. The fourth-order valence-electron chi connectivity index (χ4n) is 8.18. The Morgan fingerprint density at radius 1 is 0.435 bits per heavy atom. The Labute approximate surface area is 266 Å². The van der Waals surface area contributed by atoms with Crippen LogP contribution >= 0.6 is 0 Å². The first kappa shape index (κ1) is 25.3. The molecule has 214 valence electrons. The van der Waals surface area contributed by atoms with E-state index in [0.29, 0.717) is 0 Å². The number of rotatable bonds is 3. The molecule has 3 nitrogen and oxygen atoms in total. The average Bonchev–Trinajstić information content (AvgIpc) is 3.61. The summed E-state index contributed by atoms with van der Waals surface area (Å²) in [5.74, 6) is 0. The Morgan fingerprint density at radius 2 is 1.09 bits per heavy atom. The quantitative estimate of drug-likeness (QED) is 0.193. The molecular weight excluding hydrogens is 558 g/mol. The molecule has 0 amide bonds. The number of aromatic nitrogens is 3. The third-order valence-corrected chi connectivity index (χ3v) is 10.0. The first-order valence-electron chi connectivity index (χ1n) is 15.7. The molecule has 1 aliphatic carbocycles. The van der Waals surface area contributed by atoms with E-state index in [1.165, 1.54) is 71.3 Å². The monoisotopic (exact) mass is 585 g/mol. The van der Waals surface area contributed by atoms with Gasteiger partial charge in [0.2, 0.25) is 0 Å². The molecule has 0 bridgehead atoms. The first-order chi connectivity index (χ1) is 22.8. The molecule has 3 heterocycles. The lowest BCUT2D eigenvalue weighted by Gasteiger charge is -2.33. The van der Waals surface area contributed by atoms with Gasteiger partial charge in [-0.3, -0.25) is 9.97 Å². The van der Waals surface area contributed by atoms with Gasteiger partial charge in [-0.15, -0.1) is 0 Å². The largest absolute Gasteiger partial charge is 0.309 e. The zero-order chi connectivity index (χ0) is 30.2. The second-order valence-corrected chi connectivity index (χ2v) is 12.2. The number of nitrogens with zero attached hydrogens (tertiary/aromatic N) is 3. The minimum absolute atomic E-state index is 0.574. The Balaban J connectivity index is 1.40. The number of hydrogen-bond acceptors (Lipinski definition) is 2. The van der Waals surface area contributed by atoms with Crippen molar-refractivity contribution < 1.29 is 0 Å². The first-order valence-corrected chi connectivity index (χ1v) is 15.7. The van der Waals surface area contributed by atoms with Gasteiger partial charge < -0.3 is 4.57 Å². The summed E-state index contributed by atoms with van der Waals surface area (Å²) in [4.78, 5) is 9.29. The van der Waals surface area contributed by atoms with Gasteiger partial charge in [0.15, 0.2) is 0 Å². The topological polar surface area (TPSA) is 30.7 Å². The van der Waals surface area contributed by atoms with Gasteiger partial charge in [-0.25, -0.2) is 0 Å². The van der Waals surface area contributed by atoms with Gasteiger partial charge in [-0.05, 0) is 85.9 Å². The average molecular weight is 586 g/mol. The Kier molecular flexibility index (Phi) is 5.20. The fraction of sp³-hybridized carbons (Fsp3) is 0.0233. The maximum Gasteiger partial charge on any atom is 0.0744 e. The lowest BCUT2D eigenvalue weighted by molar-refractivity contribution is 0.758. The fourth-order valence-corrected chi connectivity index (χ4v) is 8.18. The summed E-state index contributed by atoms with van der Waals surface area (Å²) < 4.78 is 2.49. The summed E-state index contributed by atoms with van der Waals surface area (Å²) >= 11 is 0. The van der Waals surface area contributed by atoms with E-state index in [1.807, 2.05) is 36.9 Å². The predicted octanol–water partition coefficient (Wildman–Crippen LogP) is 10.2. The molecule has 3 heteroatoms. The highest BCUT2D eigenvalue weighted by atomic mass is 15.0. The van der Waals surface area contributed by atoms with E-state index in [1.54, 1.807) is 0 Å². The van der Waals surface area contributed by atoms with E-state index in [9.17, 15) is 0 Å². The van der Waals surface area contributed by atoms with Gasteiger partial charge in [-0.2, -0.15) is 0 Å². The van der Waals surface area contributed by atoms with Gasteiger partial charge in [0.25, 0.3) is 0 Å². The van der Waals surface area contributed by atoms with E-state index in [2.05, 4.69) is 142 Å². The summed E-state index contributed by atoms with van der Waals surface area (Å²) in [6.07, 6.45) is 7.76. The number of para-hydroxylation sites is 1. The van der Waals surface area contributed by atoms with Crippen molar-refractivity contribution in [1.82, 2.24) is 14.5 Å². The normalized spacial score (nSPS) is 13.4. The molecule has 0 radical (unpaired) electrons. The van der Waals surface area contributed by atoms with E-state index < -0.39 is 5.41 Å². The molecule has 0 atom stereocenters. The third kappa shape index (κ3) is 3.26. The Hall–Kier alpha value is -6.06. The minimum atomic E-state index is -0.574. The standard InChI is InChI=1S/C43H27N3/c1-2-14-31-28(11-1)23-41(34-17-4-3-15-32(31)34)46-40-20-8-6-18-35(40)37-24-36-33-16-5-7-19-38(33)43(39(36)25-42(37)46,29-12-9-21-44-26-29)30-13-10-22-45-27-30/h1-27H.